The summed E-state index contributed by atoms with van der Waals surface area (Å²) in [5, 5.41) is 0.731. The van der Waals surface area contributed by atoms with Crippen LogP contribution in [0.2, 0.25) is 5.02 Å². The second-order valence-electron chi connectivity index (χ2n) is 5.15. The summed E-state index contributed by atoms with van der Waals surface area (Å²) in [6.07, 6.45) is 1.79. The molecule has 0 N–H and O–H groups in total. The fraction of sp³-hybridized carbons (Fsp3) is 0.571. The Bertz CT molecular complexity index is 513. The average molecular weight is 302 g/mol. The Morgan fingerprint density at radius 3 is 2.53 bits per heavy atom. The second kappa shape index (κ2) is 6.25. The number of hydrogen-bond donors (Lipinski definition) is 0. The largest absolute Gasteiger partial charge is 0.295 e. The van der Waals surface area contributed by atoms with Crippen molar-refractivity contribution in [2.45, 2.75) is 32.4 Å². The molecule has 2 rings (SSSR count). The van der Waals surface area contributed by atoms with Gasteiger partial charge in [-0.1, -0.05) is 30.7 Å². The quantitative estimate of drug-likeness (QED) is 0.839. The highest BCUT2D eigenvalue weighted by Crippen LogP contribution is 2.21. The monoisotopic (exact) mass is 301 g/mol. The molecule has 0 spiro atoms. The number of nitrogens with zero attached hydrogens (tertiary/aromatic N) is 1. The second-order valence-corrected chi connectivity index (χ2v) is 7.82. The van der Waals surface area contributed by atoms with E-state index in [0.29, 0.717) is 11.5 Å². The van der Waals surface area contributed by atoms with Crippen LogP contribution in [0.15, 0.2) is 24.3 Å². The van der Waals surface area contributed by atoms with Gasteiger partial charge in [-0.25, -0.2) is 8.42 Å². The molecular formula is C14H20ClNO2S. The van der Waals surface area contributed by atoms with E-state index in [1.54, 1.807) is 0 Å². The van der Waals surface area contributed by atoms with Crippen LogP contribution >= 0.6 is 11.6 Å². The van der Waals surface area contributed by atoms with Gasteiger partial charge < -0.3 is 0 Å². The summed E-state index contributed by atoms with van der Waals surface area (Å²) >= 11 is 5.88. The molecule has 0 bridgehead atoms. The van der Waals surface area contributed by atoms with Crippen LogP contribution in [-0.4, -0.2) is 37.4 Å². The smallest absolute Gasteiger partial charge is 0.151 e. The predicted octanol–water partition coefficient (Wildman–Crippen LogP) is 2.74. The van der Waals surface area contributed by atoms with E-state index in [1.807, 2.05) is 24.3 Å². The van der Waals surface area contributed by atoms with Gasteiger partial charge in [-0.2, -0.15) is 0 Å². The maximum Gasteiger partial charge on any atom is 0.151 e. The van der Waals surface area contributed by atoms with Gasteiger partial charge in [0.15, 0.2) is 9.84 Å². The normalized spacial score (nSPS) is 21.9. The summed E-state index contributed by atoms with van der Waals surface area (Å²) in [4.78, 5) is 2.29. The van der Waals surface area contributed by atoms with Crippen molar-refractivity contribution >= 4 is 21.4 Å². The summed E-state index contributed by atoms with van der Waals surface area (Å²) in [5.41, 5.74) is 1.18. The van der Waals surface area contributed by atoms with Gasteiger partial charge in [0.05, 0.1) is 11.5 Å². The first-order valence-corrected chi connectivity index (χ1v) is 8.89. The Morgan fingerprint density at radius 2 is 2.00 bits per heavy atom. The van der Waals surface area contributed by atoms with Crippen molar-refractivity contribution in [3.05, 3.63) is 34.9 Å². The van der Waals surface area contributed by atoms with Crippen molar-refractivity contribution in [2.75, 3.05) is 18.1 Å². The molecule has 0 saturated carbocycles. The summed E-state index contributed by atoms with van der Waals surface area (Å²) in [6.45, 7) is 3.85. The number of hydrogen-bond acceptors (Lipinski definition) is 3. The van der Waals surface area contributed by atoms with Crippen LogP contribution < -0.4 is 0 Å². The predicted molar refractivity (Wildman–Crippen MR) is 79.2 cm³/mol. The average Bonchev–Trinajstić information content (AvgIpc) is 2.72. The van der Waals surface area contributed by atoms with E-state index in [1.165, 1.54) is 5.56 Å². The molecule has 1 fully saturated rings. The third-order valence-corrected chi connectivity index (χ3v) is 5.54. The number of sulfone groups is 1. The van der Waals surface area contributed by atoms with Crippen LogP contribution in [0.25, 0.3) is 0 Å². The highest BCUT2D eigenvalue weighted by Gasteiger charge is 2.31. The van der Waals surface area contributed by atoms with Crippen LogP contribution in [-0.2, 0) is 16.4 Å². The zero-order valence-corrected chi connectivity index (χ0v) is 12.8. The fourth-order valence-electron chi connectivity index (χ4n) is 2.57. The lowest BCUT2D eigenvalue weighted by atomic mass is 10.1. The van der Waals surface area contributed by atoms with Crippen LogP contribution in [0, 0.1) is 0 Å². The van der Waals surface area contributed by atoms with E-state index >= 15 is 0 Å². The zero-order chi connectivity index (χ0) is 13.9. The summed E-state index contributed by atoms with van der Waals surface area (Å²) in [7, 11) is -2.82. The van der Waals surface area contributed by atoms with E-state index in [9.17, 15) is 8.42 Å². The molecule has 1 aliphatic heterocycles. The van der Waals surface area contributed by atoms with Crippen molar-refractivity contribution in [2.24, 2.45) is 0 Å². The van der Waals surface area contributed by atoms with Gasteiger partial charge in [-0.3, -0.25) is 4.90 Å². The topological polar surface area (TPSA) is 37.4 Å². The first kappa shape index (κ1) is 14.8. The molecule has 0 aliphatic carbocycles. The Kier molecular flexibility index (Phi) is 4.87. The molecule has 0 radical (unpaired) electrons. The summed E-state index contributed by atoms with van der Waals surface area (Å²) < 4.78 is 23.2. The molecule has 5 heteroatoms. The van der Waals surface area contributed by atoms with Crippen LogP contribution in [0.4, 0.5) is 0 Å². The Balaban J connectivity index is 2.06. The minimum absolute atomic E-state index is 0.167. The van der Waals surface area contributed by atoms with Crippen molar-refractivity contribution in [3.63, 3.8) is 0 Å². The molecule has 3 nitrogen and oxygen atoms in total. The van der Waals surface area contributed by atoms with Gasteiger partial charge in [0, 0.05) is 17.6 Å². The highest BCUT2D eigenvalue weighted by molar-refractivity contribution is 7.91. The van der Waals surface area contributed by atoms with Gasteiger partial charge in [-0.15, -0.1) is 0 Å². The molecule has 0 amide bonds. The van der Waals surface area contributed by atoms with Crippen LogP contribution in [0.3, 0.4) is 0 Å². The molecule has 1 saturated heterocycles. The molecule has 0 unspecified atom stereocenters. The molecule has 1 heterocycles. The van der Waals surface area contributed by atoms with Gasteiger partial charge >= 0.3 is 0 Å². The zero-order valence-electron chi connectivity index (χ0n) is 11.2. The number of benzene rings is 1. The Labute approximate surface area is 120 Å². The third kappa shape index (κ3) is 4.20. The van der Waals surface area contributed by atoms with Crippen LogP contribution in [0.5, 0.6) is 0 Å². The van der Waals surface area contributed by atoms with Gasteiger partial charge in [0.2, 0.25) is 0 Å². The molecule has 1 aromatic rings. The SMILES string of the molecule is CCCN(Cc1ccc(Cl)cc1)[C@H]1CCS(=O)(=O)C1. The molecule has 1 aliphatic rings. The maximum absolute atomic E-state index is 11.6. The minimum Gasteiger partial charge on any atom is -0.295 e. The molecule has 0 aromatic heterocycles. The molecule has 1 aromatic carbocycles. The number of rotatable bonds is 5. The van der Waals surface area contributed by atoms with Gasteiger partial charge in [0.25, 0.3) is 0 Å². The standard InChI is InChI=1S/C14H20ClNO2S/c1-2-8-16(14-7-9-19(17,18)11-14)10-12-3-5-13(15)6-4-12/h3-6,14H,2,7-11H2,1H3/t14-/m0/s1. The number of halogens is 1. The molecular weight excluding hydrogens is 282 g/mol. The van der Waals surface area contributed by atoms with Crippen molar-refractivity contribution < 1.29 is 8.42 Å². The fourth-order valence-corrected chi connectivity index (χ4v) is 4.45. The van der Waals surface area contributed by atoms with Crippen LogP contribution in [0.1, 0.15) is 25.3 Å². The van der Waals surface area contributed by atoms with Crippen molar-refractivity contribution in [3.8, 4) is 0 Å². The van der Waals surface area contributed by atoms with E-state index < -0.39 is 9.84 Å². The van der Waals surface area contributed by atoms with Crippen molar-refractivity contribution in [1.82, 2.24) is 4.90 Å². The summed E-state index contributed by atoms with van der Waals surface area (Å²) in [6, 6.07) is 7.95. The van der Waals surface area contributed by atoms with E-state index in [4.69, 9.17) is 11.6 Å². The lowest BCUT2D eigenvalue weighted by Gasteiger charge is -2.27. The van der Waals surface area contributed by atoms with Gasteiger partial charge in [0.1, 0.15) is 0 Å². The van der Waals surface area contributed by atoms with E-state index in [0.717, 1.165) is 31.0 Å². The van der Waals surface area contributed by atoms with E-state index in [2.05, 4.69) is 11.8 Å². The molecule has 19 heavy (non-hydrogen) atoms. The third-order valence-electron chi connectivity index (χ3n) is 3.53. The maximum atomic E-state index is 11.6. The highest BCUT2D eigenvalue weighted by atomic mass is 35.5. The Morgan fingerprint density at radius 1 is 1.32 bits per heavy atom. The lowest BCUT2D eigenvalue weighted by molar-refractivity contribution is 0.204. The molecule has 106 valence electrons. The Hall–Kier alpha value is -0.580. The lowest BCUT2D eigenvalue weighted by Crippen LogP contribution is -2.36. The first-order chi connectivity index (χ1) is 9.00. The molecule has 1 atom stereocenters. The summed E-state index contributed by atoms with van der Waals surface area (Å²) in [5.74, 6) is 0.638. The van der Waals surface area contributed by atoms with E-state index in [-0.39, 0.29) is 6.04 Å². The minimum atomic E-state index is -2.82. The van der Waals surface area contributed by atoms with Crippen molar-refractivity contribution in [1.29, 1.82) is 0 Å². The van der Waals surface area contributed by atoms with Gasteiger partial charge in [-0.05, 0) is 37.1 Å². The first-order valence-electron chi connectivity index (χ1n) is 6.69.